The summed E-state index contributed by atoms with van der Waals surface area (Å²) in [5.41, 5.74) is 1.72. The van der Waals surface area contributed by atoms with Gasteiger partial charge in [-0.2, -0.15) is 0 Å². The minimum Gasteiger partial charge on any atom is -0.481 e. The molecule has 1 fully saturated rings. The van der Waals surface area contributed by atoms with E-state index in [1.54, 1.807) is 48.5 Å². The number of carboxylic acids is 1. The highest BCUT2D eigenvalue weighted by Gasteiger charge is 2.62. The summed E-state index contributed by atoms with van der Waals surface area (Å²) in [5, 5.41) is 8.45. The van der Waals surface area contributed by atoms with Crippen molar-refractivity contribution in [2.45, 2.75) is 23.0 Å². The lowest BCUT2D eigenvalue weighted by atomic mass is 10.1. The number of hydrogen-bond acceptors (Lipinski definition) is 3. The number of benzene rings is 2. The van der Waals surface area contributed by atoms with Crippen molar-refractivity contribution < 1.29 is 18.3 Å². The van der Waals surface area contributed by atoms with E-state index in [0.717, 1.165) is 11.1 Å². The second-order valence-corrected chi connectivity index (χ2v) is 7.73. The third kappa shape index (κ3) is 2.41. The van der Waals surface area contributed by atoms with Gasteiger partial charge in [-0.3, -0.25) is 4.79 Å². The molecule has 0 heterocycles. The van der Waals surface area contributed by atoms with Gasteiger partial charge in [-0.15, -0.1) is 0 Å². The van der Waals surface area contributed by atoms with Gasteiger partial charge in [0.25, 0.3) is 0 Å². The SMILES string of the molecule is Cc1ccc(S(=O)(=O)[C@@H]2[C@H](C(=O)O)[C@@H]2c2ccccc2)cc1. The standard InChI is InChI=1S/C17H16O4S/c1-11-7-9-13(10-8-11)22(20,21)16-14(15(16)17(18)19)12-5-3-2-4-6-12/h2-10,14-16H,1H3,(H,18,19)/t14-,15+,16-/m0/s1. The van der Waals surface area contributed by atoms with Crippen LogP contribution in [0.2, 0.25) is 0 Å². The zero-order chi connectivity index (χ0) is 15.9. The molecule has 0 spiro atoms. The third-order valence-electron chi connectivity index (χ3n) is 4.13. The Morgan fingerprint density at radius 2 is 1.59 bits per heavy atom. The molecular weight excluding hydrogens is 300 g/mol. The largest absolute Gasteiger partial charge is 0.481 e. The molecule has 2 aromatic rings. The number of aryl methyl sites for hydroxylation is 1. The van der Waals surface area contributed by atoms with Crippen LogP contribution in [0, 0.1) is 12.8 Å². The molecule has 3 atom stereocenters. The van der Waals surface area contributed by atoms with Crippen molar-refractivity contribution in [3.05, 3.63) is 65.7 Å². The normalized spacial score (nSPS) is 24.0. The number of carboxylic acid groups (broad SMARTS) is 1. The van der Waals surface area contributed by atoms with Gasteiger partial charge in [0.05, 0.1) is 16.1 Å². The van der Waals surface area contributed by atoms with E-state index in [0.29, 0.717) is 0 Å². The Bertz CT molecular complexity index is 794. The highest BCUT2D eigenvalue weighted by atomic mass is 32.2. The van der Waals surface area contributed by atoms with E-state index in [-0.39, 0.29) is 4.90 Å². The molecule has 0 saturated heterocycles. The highest BCUT2D eigenvalue weighted by Crippen LogP contribution is 2.54. The van der Waals surface area contributed by atoms with E-state index >= 15 is 0 Å². The quantitative estimate of drug-likeness (QED) is 0.941. The first-order valence-electron chi connectivity index (χ1n) is 7.01. The van der Waals surface area contributed by atoms with Crippen LogP contribution in [-0.2, 0) is 14.6 Å². The highest BCUT2D eigenvalue weighted by molar-refractivity contribution is 7.92. The van der Waals surface area contributed by atoms with Crippen LogP contribution in [0.3, 0.4) is 0 Å². The zero-order valence-electron chi connectivity index (χ0n) is 12.0. The summed E-state index contributed by atoms with van der Waals surface area (Å²) in [6.07, 6.45) is 0. The van der Waals surface area contributed by atoms with Crippen LogP contribution in [0.1, 0.15) is 17.0 Å². The van der Waals surface area contributed by atoms with Crippen molar-refractivity contribution in [2.24, 2.45) is 5.92 Å². The van der Waals surface area contributed by atoms with Crippen LogP contribution < -0.4 is 0 Å². The summed E-state index contributed by atoms with van der Waals surface area (Å²) in [7, 11) is -3.65. The molecule has 0 aromatic heterocycles. The minimum absolute atomic E-state index is 0.188. The van der Waals surface area contributed by atoms with Gasteiger partial charge in [-0.25, -0.2) is 8.42 Å². The molecule has 0 unspecified atom stereocenters. The second kappa shape index (κ2) is 5.25. The summed E-state index contributed by atoms with van der Waals surface area (Å²) in [5.74, 6) is -2.42. The third-order valence-corrected chi connectivity index (χ3v) is 6.36. The van der Waals surface area contributed by atoms with Crippen molar-refractivity contribution in [2.75, 3.05) is 0 Å². The Hall–Kier alpha value is -2.14. The number of rotatable bonds is 4. The van der Waals surface area contributed by atoms with Crippen LogP contribution in [0.5, 0.6) is 0 Å². The Balaban J connectivity index is 1.99. The predicted octanol–water partition coefficient (Wildman–Crippen LogP) is 2.64. The minimum atomic E-state index is -3.65. The van der Waals surface area contributed by atoms with Gasteiger partial charge in [-0.05, 0) is 24.6 Å². The summed E-state index contributed by atoms with van der Waals surface area (Å²) < 4.78 is 25.5. The molecule has 1 N–H and O–H groups in total. The topological polar surface area (TPSA) is 71.4 Å². The number of aliphatic carboxylic acids is 1. The van der Waals surface area contributed by atoms with E-state index < -0.39 is 32.9 Å². The monoisotopic (exact) mass is 316 g/mol. The van der Waals surface area contributed by atoms with Crippen LogP contribution in [0.25, 0.3) is 0 Å². The van der Waals surface area contributed by atoms with Gasteiger partial charge < -0.3 is 5.11 Å². The van der Waals surface area contributed by atoms with Gasteiger partial charge in [0.2, 0.25) is 0 Å². The average Bonchev–Trinajstić information content (AvgIpc) is 3.25. The number of sulfone groups is 1. The van der Waals surface area contributed by atoms with Crippen LogP contribution in [-0.4, -0.2) is 24.7 Å². The van der Waals surface area contributed by atoms with E-state index in [9.17, 15) is 18.3 Å². The maximum Gasteiger partial charge on any atom is 0.308 e. The molecule has 5 heteroatoms. The lowest BCUT2D eigenvalue weighted by Gasteiger charge is -2.04. The van der Waals surface area contributed by atoms with Gasteiger partial charge >= 0.3 is 5.97 Å². The molecule has 0 radical (unpaired) electrons. The molecule has 0 bridgehead atoms. The van der Waals surface area contributed by atoms with Crippen molar-refractivity contribution in [1.29, 1.82) is 0 Å². The van der Waals surface area contributed by atoms with Crippen LogP contribution in [0.15, 0.2) is 59.5 Å². The Morgan fingerprint density at radius 3 is 2.14 bits per heavy atom. The van der Waals surface area contributed by atoms with Gasteiger partial charge in [0.1, 0.15) is 0 Å². The zero-order valence-corrected chi connectivity index (χ0v) is 12.8. The molecular formula is C17H16O4S. The number of hydrogen-bond donors (Lipinski definition) is 1. The van der Waals surface area contributed by atoms with Crippen molar-refractivity contribution in [3.63, 3.8) is 0 Å². The Morgan fingerprint density at radius 1 is 1.00 bits per heavy atom. The maximum absolute atomic E-state index is 12.7. The molecule has 22 heavy (non-hydrogen) atoms. The van der Waals surface area contributed by atoms with E-state index in [1.807, 2.05) is 13.0 Å². The van der Waals surface area contributed by atoms with Gasteiger partial charge in [-0.1, -0.05) is 48.0 Å². The number of carbonyl (C=O) groups is 1. The van der Waals surface area contributed by atoms with Crippen LogP contribution >= 0.6 is 0 Å². The lowest BCUT2D eigenvalue weighted by Crippen LogP contribution is -2.13. The Labute approximate surface area is 129 Å². The lowest BCUT2D eigenvalue weighted by molar-refractivity contribution is -0.138. The fraction of sp³-hybridized carbons (Fsp3) is 0.235. The first-order chi connectivity index (χ1) is 10.4. The molecule has 0 amide bonds. The average molecular weight is 316 g/mol. The summed E-state index contributed by atoms with van der Waals surface area (Å²) in [6, 6.07) is 15.5. The summed E-state index contributed by atoms with van der Waals surface area (Å²) in [6.45, 7) is 1.88. The summed E-state index contributed by atoms with van der Waals surface area (Å²) in [4.78, 5) is 11.6. The van der Waals surface area contributed by atoms with E-state index in [1.165, 1.54) is 0 Å². The van der Waals surface area contributed by atoms with Crippen LogP contribution in [0.4, 0.5) is 0 Å². The molecule has 1 saturated carbocycles. The first-order valence-corrected chi connectivity index (χ1v) is 8.56. The predicted molar refractivity (Wildman–Crippen MR) is 82.5 cm³/mol. The fourth-order valence-corrected chi connectivity index (χ4v) is 5.04. The van der Waals surface area contributed by atoms with E-state index in [4.69, 9.17) is 0 Å². The van der Waals surface area contributed by atoms with Crippen molar-refractivity contribution in [1.82, 2.24) is 0 Å². The van der Waals surface area contributed by atoms with Crippen molar-refractivity contribution >= 4 is 15.8 Å². The maximum atomic E-state index is 12.7. The molecule has 114 valence electrons. The molecule has 4 nitrogen and oxygen atoms in total. The fourth-order valence-electron chi connectivity index (χ4n) is 2.92. The van der Waals surface area contributed by atoms with Gasteiger partial charge in [0.15, 0.2) is 9.84 Å². The first kappa shape index (κ1) is 14.8. The second-order valence-electron chi connectivity index (χ2n) is 5.62. The smallest absolute Gasteiger partial charge is 0.308 e. The Kier molecular flexibility index (Phi) is 3.53. The molecule has 1 aliphatic rings. The molecule has 1 aliphatic carbocycles. The molecule has 2 aromatic carbocycles. The van der Waals surface area contributed by atoms with Gasteiger partial charge in [0, 0.05) is 5.92 Å². The molecule has 0 aliphatic heterocycles. The van der Waals surface area contributed by atoms with Crippen molar-refractivity contribution in [3.8, 4) is 0 Å². The molecule has 3 rings (SSSR count). The summed E-state index contributed by atoms with van der Waals surface area (Å²) >= 11 is 0. The van der Waals surface area contributed by atoms with E-state index in [2.05, 4.69) is 0 Å².